The van der Waals surface area contributed by atoms with Crippen LogP contribution in [-0.2, 0) is 10.0 Å². The molecule has 0 aliphatic heterocycles. The van der Waals surface area contributed by atoms with E-state index < -0.39 is 20.6 Å². The highest BCUT2D eigenvalue weighted by atomic mass is 32.2. The number of rotatable bonds is 6. The van der Waals surface area contributed by atoms with Gasteiger partial charge in [-0.3, -0.25) is 14.8 Å². The molecule has 0 fully saturated rings. The summed E-state index contributed by atoms with van der Waals surface area (Å²) in [5.74, 6) is 0.385. The minimum atomic E-state index is -4.02. The molecule has 0 heterocycles. The number of para-hydroxylation sites is 1. The zero-order chi connectivity index (χ0) is 17.0. The van der Waals surface area contributed by atoms with Crippen LogP contribution in [0.5, 0.6) is 0 Å². The third kappa shape index (κ3) is 3.87. The standard InChI is InChI=1S/C16H18N2O4S/c1-3-12(2)13-8-10-14(11-9-13)17-23(21,22)16-7-5-4-6-15(16)18(19)20/h4-12,17H,3H2,1-2H3. The normalized spacial score (nSPS) is 12.6. The molecule has 23 heavy (non-hydrogen) atoms. The molecule has 1 unspecified atom stereocenters. The van der Waals surface area contributed by atoms with E-state index in [1.165, 1.54) is 24.3 Å². The van der Waals surface area contributed by atoms with E-state index in [1.54, 1.807) is 12.1 Å². The highest BCUT2D eigenvalue weighted by Crippen LogP contribution is 2.26. The summed E-state index contributed by atoms with van der Waals surface area (Å²) in [6, 6.07) is 12.3. The van der Waals surface area contributed by atoms with Gasteiger partial charge in [-0.25, -0.2) is 8.42 Å². The molecule has 7 heteroatoms. The first-order valence-electron chi connectivity index (χ1n) is 7.21. The average Bonchev–Trinajstić information content (AvgIpc) is 2.54. The van der Waals surface area contributed by atoms with Gasteiger partial charge >= 0.3 is 0 Å². The Kier molecular flexibility index (Phi) is 5.00. The quantitative estimate of drug-likeness (QED) is 0.640. The predicted molar refractivity (Wildman–Crippen MR) is 89.1 cm³/mol. The minimum absolute atomic E-state index is 0.351. The fourth-order valence-corrected chi connectivity index (χ4v) is 3.39. The topological polar surface area (TPSA) is 89.3 Å². The molecule has 0 aliphatic rings. The van der Waals surface area contributed by atoms with Crippen LogP contribution >= 0.6 is 0 Å². The number of hydrogen-bond acceptors (Lipinski definition) is 4. The van der Waals surface area contributed by atoms with Gasteiger partial charge in [0.15, 0.2) is 4.90 Å². The number of benzene rings is 2. The van der Waals surface area contributed by atoms with Crippen molar-refractivity contribution in [3.8, 4) is 0 Å². The maximum Gasteiger partial charge on any atom is 0.289 e. The van der Waals surface area contributed by atoms with Crippen molar-refractivity contribution in [2.45, 2.75) is 31.1 Å². The lowest BCUT2D eigenvalue weighted by Gasteiger charge is -2.11. The maximum absolute atomic E-state index is 12.4. The maximum atomic E-state index is 12.4. The van der Waals surface area contributed by atoms with E-state index in [4.69, 9.17) is 0 Å². The highest BCUT2D eigenvalue weighted by Gasteiger charge is 2.25. The lowest BCUT2D eigenvalue weighted by Crippen LogP contribution is -2.14. The molecule has 0 aromatic heterocycles. The molecule has 2 rings (SSSR count). The van der Waals surface area contributed by atoms with Crippen molar-refractivity contribution in [2.75, 3.05) is 4.72 Å². The molecule has 0 saturated heterocycles. The van der Waals surface area contributed by atoms with Crippen LogP contribution in [0.2, 0.25) is 0 Å². The first kappa shape index (κ1) is 17.0. The van der Waals surface area contributed by atoms with Crippen molar-refractivity contribution in [2.24, 2.45) is 0 Å². The molecular formula is C16H18N2O4S. The lowest BCUT2D eigenvalue weighted by atomic mass is 9.99. The Morgan fingerprint density at radius 2 is 1.74 bits per heavy atom. The highest BCUT2D eigenvalue weighted by molar-refractivity contribution is 7.92. The minimum Gasteiger partial charge on any atom is -0.279 e. The summed E-state index contributed by atoms with van der Waals surface area (Å²) in [5.41, 5.74) is 1.03. The molecule has 2 aromatic carbocycles. The van der Waals surface area contributed by atoms with Crippen molar-refractivity contribution in [1.82, 2.24) is 0 Å². The van der Waals surface area contributed by atoms with Crippen molar-refractivity contribution in [1.29, 1.82) is 0 Å². The molecule has 0 saturated carbocycles. The van der Waals surface area contributed by atoms with Gasteiger partial charge in [0.1, 0.15) is 0 Å². The van der Waals surface area contributed by atoms with Gasteiger partial charge in [-0.1, -0.05) is 38.1 Å². The number of hydrogen-bond donors (Lipinski definition) is 1. The van der Waals surface area contributed by atoms with Crippen LogP contribution in [0.25, 0.3) is 0 Å². The molecule has 0 amide bonds. The summed E-state index contributed by atoms with van der Waals surface area (Å²) in [4.78, 5) is 9.93. The smallest absolute Gasteiger partial charge is 0.279 e. The number of anilines is 1. The fraction of sp³-hybridized carbons (Fsp3) is 0.250. The Hall–Kier alpha value is -2.41. The monoisotopic (exact) mass is 334 g/mol. The van der Waals surface area contributed by atoms with Crippen molar-refractivity contribution in [3.63, 3.8) is 0 Å². The number of nitrogens with one attached hydrogen (secondary N) is 1. The fourth-order valence-electron chi connectivity index (χ4n) is 2.16. The van der Waals surface area contributed by atoms with Gasteiger partial charge in [-0.2, -0.15) is 0 Å². The van der Waals surface area contributed by atoms with Crippen LogP contribution in [0, 0.1) is 10.1 Å². The van der Waals surface area contributed by atoms with Crippen molar-refractivity contribution < 1.29 is 13.3 Å². The summed E-state index contributed by atoms with van der Waals surface area (Å²) in [7, 11) is -4.02. The summed E-state index contributed by atoms with van der Waals surface area (Å²) in [6.07, 6.45) is 0.987. The molecule has 1 N–H and O–H groups in total. The number of nitrogens with zero attached hydrogens (tertiary/aromatic N) is 1. The summed E-state index contributed by atoms with van der Waals surface area (Å²) < 4.78 is 27.2. The molecule has 6 nitrogen and oxygen atoms in total. The number of sulfonamides is 1. The van der Waals surface area contributed by atoms with Gasteiger partial charge in [0, 0.05) is 11.8 Å². The van der Waals surface area contributed by atoms with E-state index in [-0.39, 0.29) is 4.90 Å². The average molecular weight is 334 g/mol. The Labute approximate surface area is 135 Å². The molecule has 2 aromatic rings. The Morgan fingerprint density at radius 1 is 1.13 bits per heavy atom. The molecule has 122 valence electrons. The molecule has 0 spiro atoms. The Bertz CT molecular complexity index is 801. The Morgan fingerprint density at radius 3 is 2.30 bits per heavy atom. The number of nitro groups is 1. The zero-order valence-electron chi connectivity index (χ0n) is 12.9. The van der Waals surface area contributed by atoms with E-state index in [9.17, 15) is 18.5 Å². The van der Waals surface area contributed by atoms with Gasteiger partial charge in [0.2, 0.25) is 0 Å². The molecule has 1 atom stereocenters. The second kappa shape index (κ2) is 6.78. The van der Waals surface area contributed by atoms with Gasteiger partial charge in [0.05, 0.1) is 4.92 Å². The van der Waals surface area contributed by atoms with Gasteiger partial charge < -0.3 is 0 Å². The second-order valence-electron chi connectivity index (χ2n) is 5.26. The summed E-state index contributed by atoms with van der Waals surface area (Å²) >= 11 is 0. The van der Waals surface area contributed by atoms with Crippen LogP contribution in [0.15, 0.2) is 53.4 Å². The molecular weight excluding hydrogens is 316 g/mol. The van der Waals surface area contributed by atoms with Crippen LogP contribution in [-0.4, -0.2) is 13.3 Å². The van der Waals surface area contributed by atoms with Crippen LogP contribution in [0.3, 0.4) is 0 Å². The van der Waals surface area contributed by atoms with Gasteiger partial charge in [-0.05, 0) is 36.1 Å². The van der Waals surface area contributed by atoms with Gasteiger partial charge in [-0.15, -0.1) is 0 Å². The van der Waals surface area contributed by atoms with E-state index in [0.717, 1.165) is 12.0 Å². The summed E-state index contributed by atoms with van der Waals surface area (Å²) in [6.45, 7) is 4.17. The summed E-state index contributed by atoms with van der Waals surface area (Å²) in [5, 5.41) is 11.0. The van der Waals surface area contributed by atoms with Crippen LogP contribution in [0.1, 0.15) is 31.7 Å². The van der Waals surface area contributed by atoms with Crippen molar-refractivity contribution >= 4 is 21.4 Å². The molecule has 0 radical (unpaired) electrons. The van der Waals surface area contributed by atoms with E-state index in [0.29, 0.717) is 11.6 Å². The molecule has 0 bridgehead atoms. The van der Waals surface area contributed by atoms with Crippen LogP contribution in [0.4, 0.5) is 11.4 Å². The zero-order valence-corrected chi connectivity index (χ0v) is 13.7. The van der Waals surface area contributed by atoms with E-state index in [2.05, 4.69) is 18.6 Å². The first-order valence-corrected chi connectivity index (χ1v) is 8.69. The van der Waals surface area contributed by atoms with Gasteiger partial charge in [0.25, 0.3) is 15.7 Å². The third-order valence-electron chi connectivity index (χ3n) is 3.70. The third-order valence-corrected chi connectivity index (χ3v) is 5.12. The van der Waals surface area contributed by atoms with E-state index >= 15 is 0 Å². The van der Waals surface area contributed by atoms with Crippen LogP contribution < -0.4 is 4.72 Å². The second-order valence-corrected chi connectivity index (χ2v) is 6.91. The van der Waals surface area contributed by atoms with E-state index in [1.807, 2.05) is 12.1 Å². The largest absolute Gasteiger partial charge is 0.289 e. The first-order chi connectivity index (χ1) is 10.8. The SMILES string of the molecule is CCC(C)c1ccc(NS(=O)(=O)c2ccccc2[N+](=O)[O-])cc1. The van der Waals surface area contributed by atoms with Crippen molar-refractivity contribution in [3.05, 3.63) is 64.2 Å². The Balaban J connectivity index is 2.30. The number of nitro benzene ring substituents is 1. The lowest BCUT2D eigenvalue weighted by molar-refractivity contribution is -0.387. The predicted octanol–water partition coefficient (Wildman–Crippen LogP) is 3.91. The molecule has 0 aliphatic carbocycles.